The van der Waals surface area contributed by atoms with Crippen molar-refractivity contribution in [3.63, 3.8) is 0 Å². The highest BCUT2D eigenvalue weighted by Crippen LogP contribution is 2.11. The summed E-state index contributed by atoms with van der Waals surface area (Å²) in [4.78, 5) is 10.9. The molecule has 0 radical (unpaired) electrons. The molecule has 0 aliphatic heterocycles. The molecule has 0 unspecified atom stereocenters. The molecule has 0 saturated heterocycles. The van der Waals surface area contributed by atoms with Crippen molar-refractivity contribution in [3.8, 4) is 0 Å². The number of hydrogen-bond acceptors (Lipinski definition) is 2. The minimum Gasteiger partial charge on any atom is -0.618 e. The molecule has 0 fully saturated rings. The van der Waals surface area contributed by atoms with Crippen molar-refractivity contribution in [2.75, 3.05) is 0 Å². The lowest BCUT2D eigenvalue weighted by Crippen LogP contribution is -2.26. The Balaban J connectivity index is 2.76. The molecule has 1 amide bonds. The smallest absolute Gasteiger partial charge is 0.248 e. The van der Waals surface area contributed by atoms with E-state index in [1.165, 1.54) is 12.3 Å². The number of nitrogens with zero attached hydrogens (tertiary/aromatic N) is 1. The summed E-state index contributed by atoms with van der Waals surface area (Å²) in [6.45, 7) is 0. The van der Waals surface area contributed by atoms with Gasteiger partial charge in [0.05, 0.1) is 0 Å². The van der Waals surface area contributed by atoms with Gasteiger partial charge in [-0.1, -0.05) is 0 Å². The zero-order valence-electron chi connectivity index (χ0n) is 7.31. The molecule has 14 heavy (non-hydrogen) atoms. The van der Waals surface area contributed by atoms with Crippen LogP contribution in [0.3, 0.4) is 0 Å². The van der Waals surface area contributed by atoms with E-state index in [4.69, 9.17) is 5.73 Å². The molecule has 0 aliphatic carbocycles. The molecule has 4 heteroatoms. The van der Waals surface area contributed by atoms with Gasteiger partial charge in [0.15, 0.2) is 6.20 Å². The summed E-state index contributed by atoms with van der Waals surface area (Å²) in [7, 11) is 0. The minimum absolute atomic E-state index is 0.341. The van der Waals surface area contributed by atoms with Crippen LogP contribution in [0.25, 0.3) is 10.9 Å². The number of rotatable bonds is 1. The van der Waals surface area contributed by atoms with Gasteiger partial charge in [-0.05, 0) is 18.2 Å². The van der Waals surface area contributed by atoms with Gasteiger partial charge in [0, 0.05) is 23.1 Å². The number of pyridine rings is 1. The van der Waals surface area contributed by atoms with E-state index in [0.29, 0.717) is 15.8 Å². The summed E-state index contributed by atoms with van der Waals surface area (Å²) in [6, 6.07) is 8.24. The van der Waals surface area contributed by atoms with Crippen molar-refractivity contribution >= 4 is 16.8 Å². The molecule has 0 atom stereocenters. The first-order valence-electron chi connectivity index (χ1n) is 4.10. The number of hydrogen-bond donors (Lipinski definition) is 1. The molecule has 70 valence electrons. The molecule has 1 heterocycles. The van der Waals surface area contributed by atoms with Crippen molar-refractivity contribution in [2.24, 2.45) is 5.73 Å². The molecule has 2 N–H and O–H groups in total. The van der Waals surface area contributed by atoms with Gasteiger partial charge in [-0.15, -0.1) is 0 Å². The lowest BCUT2D eigenvalue weighted by molar-refractivity contribution is -0.577. The first kappa shape index (κ1) is 8.50. The van der Waals surface area contributed by atoms with Gasteiger partial charge in [-0.25, -0.2) is 0 Å². The lowest BCUT2D eigenvalue weighted by Gasteiger charge is -2.01. The fraction of sp³-hybridized carbons (Fsp3) is 0. The number of amides is 1. The fourth-order valence-electron chi connectivity index (χ4n) is 1.33. The van der Waals surface area contributed by atoms with Crippen LogP contribution in [0.15, 0.2) is 36.5 Å². The molecule has 0 bridgehead atoms. The summed E-state index contributed by atoms with van der Waals surface area (Å²) in [5.74, 6) is -0.532. The van der Waals surface area contributed by atoms with Gasteiger partial charge in [-0.2, -0.15) is 4.73 Å². The standard InChI is InChI=1S/C10H8N2O2/c11-10(13)8-4-3-7-2-1-5-12(14)9(7)6-8/h1-6H,(H2,11,13). The molecule has 0 aliphatic rings. The Hall–Kier alpha value is -2.10. The molecule has 2 rings (SSSR count). The van der Waals surface area contributed by atoms with Crippen LogP contribution in [-0.4, -0.2) is 5.91 Å². The number of carbonyl (C=O) groups is 1. The highest BCUT2D eigenvalue weighted by atomic mass is 16.5. The first-order chi connectivity index (χ1) is 6.68. The van der Waals surface area contributed by atoms with Crippen molar-refractivity contribution in [1.29, 1.82) is 0 Å². The second kappa shape index (κ2) is 2.99. The Morgan fingerprint density at radius 2 is 2.14 bits per heavy atom. The number of benzene rings is 1. The Bertz CT molecular complexity index is 508. The maximum atomic E-state index is 11.3. The van der Waals surface area contributed by atoms with Crippen LogP contribution in [-0.2, 0) is 0 Å². The SMILES string of the molecule is NC(=O)c1ccc2ccc[n+]([O-])c2c1. The fourth-order valence-corrected chi connectivity index (χ4v) is 1.33. The second-order valence-electron chi connectivity index (χ2n) is 2.97. The quantitative estimate of drug-likeness (QED) is 0.525. The Labute approximate surface area is 80.2 Å². The highest BCUT2D eigenvalue weighted by Gasteiger charge is 2.06. The summed E-state index contributed by atoms with van der Waals surface area (Å²) in [5, 5.41) is 12.1. The lowest BCUT2D eigenvalue weighted by atomic mass is 10.1. The topological polar surface area (TPSA) is 70.0 Å². The van der Waals surface area contributed by atoms with Gasteiger partial charge >= 0.3 is 0 Å². The molecule has 1 aromatic heterocycles. The zero-order chi connectivity index (χ0) is 10.1. The van der Waals surface area contributed by atoms with Crippen LogP contribution in [0, 0.1) is 5.21 Å². The Morgan fingerprint density at radius 3 is 2.86 bits per heavy atom. The Kier molecular flexibility index (Phi) is 1.81. The monoisotopic (exact) mass is 188 g/mol. The highest BCUT2D eigenvalue weighted by molar-refractivity contribution is 5.96. The van der Waals surface area contributed by atoms with E-state index in [9.17, 15) is 10.0 Å². The number of carbonyl (C=O) groups excluding carboxylic acids is 1. The van der Waals surface area contributed by atoms with Crippen LogP contribution in [0.5, 0.6) is 0 Å². The second-order valence-corrected chi connectivity index (χ2v) is 2.97. The van der Waals surface area contributed by atoms with Crippen LogP contribution in [0.1, 0.15) is 10.4 Å². The van der Waals surface area contributed by atoms with Gasteiger partial charge in [-0.3, -0.25) is 4.79 Å². The van der Waals surface area contributed by atoms with E-state index >= 15 is 0 Å². The van der Waals surface area contributed by atoms with Gasteiger partial charge in [0.25, 0.3) is 0 Å². The normalized spacial score (nSPS) is 10.3. The van der Waals surface area contributed by atoms with Crippen molar-refractivity contribution in [1.82, 2.24) is 0 Å². The first-order valence-corrected chi connectivity index (χ1v) is 4.10. The predicted molar refractivity (Wildman–Crippen MR) is 51.4 cm³/mol. The summed E-state index contributed by atoms with van der Waals surface area (Å²) < 4.78 is 0.710. The summed E-state index contributed by atoms with van der Waals surface area (Å²) >= 11 is 0. The molecular formula is C10H8N2O2. The van der Waals surface area contributed by atoms with Crippen molar-refractivity contribution in [3.05, 3.63) is 47.3 Å². The molecular weight excluding hydrogens is 180 g/mol. The van der Waals surface area contributed by atoms with E-state index < -0.39 is 5.91 Å². The maximum Gasteiger partial charge on any atom is 0.248 e. The number of aromatic nitrogens is 1. The molecule has 2 aromatic rings. The largest absolute Gasteiger partial charge is 0.618 e. The molecule has 4 nitrogen and oxygen atoms in total. The average Bonchev–Trinajstić information content (AvgIpc) is 2.18. The number of nitrogens with two attached hydrogens (primary N) is 1. The van der Waals surface area contributed by atoms with E-state index in [0.717, 1.165) is 5.39 Å². The summed E-state index contributed by atoms with van der Waals surface area (Å²) in [6.07, 6.45) is 1.38. The van der Waals surface area contributed by atoms with Crippen LogP contribution in [0.4, 0.5) is 0 Å². The third-order valence-electron chi connectivity index (χ3n) is 2.05. The van der Waals surface area contributed by atoms with Crippen molar-refractivity contribution < 1.29 is 9.52 Å². The van der Waals surface area contributed by atoms with E-state index in [2.05, 4.69) is 0 Å². The van der Waals surface area contributed by atoms with Gasteiger partial charge < -0.3 is 10.9 Å². The number of primary amides is 1. The van der Waals surface area contributed by atoms with Gasteiger partial charge in [0.1, 0.15) is 0 Å². The maximum absolute atomic E-state index is 11.3. The molecule has 0 saturated carbocycles. The van der Waals surface area contributed by atoms with Gasteiger partial charge in [0.2, 0.25) is 11.4 Å². The van der Waals surface area contributed by atoms with E-state index in [1.807, 2.05) is 0 Å². The van der Waals surface area contributed by atoms with E-state index in [1.54, 1.807) is 24.3 Å². The zero-order valence-corrected chi connectivity index (χ0v) is 7.31. The average molecular weight is 188 g/mol. The summed E-state index contributed by atoms with van der Waals surface area (Å²) in [5.41, 5.74) is 5.89. The van der Waals surface area contributed by atoms with Crippen LogP contribution < -0.4 is 10.5 Å². The van der Waals surface area contributed by atoms with Crippen LogP contribution >= 0.6 is 0 Å². The third kappa shape index (κ3) is 1.26. The third-order valence-corrected chi connectivity index (χ3v) is 2.05. The molecule has 0 spiro atoms. The molecule has 1 aromatic carbocycles. The predicted octanol–water partition coefficient (Wildman–Crippen LogP) is 0.572. The van der Waals surface area contributed by atoms with E-state index in [-0.39, 0.29) is 0 Å². The Morgan fingerprint density at radius 1 is 1.36 bits per heavy atom. The van der Waals surface area contributed by atoms with Crippen LogP contribution in [0.2, 0.25) is 0 Å². The van der Waals surface area contributed by atoms with Crippen molar-refractivity contribution in [2.45, 2.75) is 0 Å². The number of fused-ring (bicyclic) bond motifs is 1. The minimum atomic E-state index is -0.532.